The van der Waals surface area contributed by atoms with Crippen LogP contribution in [0.15, 0.2) is 42.5 Å². The molecule has 0 amide bonds. The molecule has 3 heteroatoms. The molecule has 2 aromatic rings. The third kappa shape index (κ3) is 1.99. The van der Waals surface area contributed by atoms with Crippen LogP contribution in [-0.4, -0.2) is 18.8 Å². The minimum absolute atomic E-state index is 0.0437. The first-order chi connectivity index (χ1) is 9.90. The normalized spacial score (nSPS) is 23.6. The maximum Gasteiger partial charge on any atom is 0.169 e. The lowest BCUT2D eigenvalue weighted by Gasteiger charge is -2.35. The largest absolute Gasteiger partial charge is 0.486 e. The van der Waals surface area contributed by atoms with Gasteiger partial charge in [0, 0.05) is 0 Å². The molecular weight excluding hydrogens is 252 g/mol. The predicted octanol–water partition coefficient (Wildman–Crippen LogP) is 3.02. The molecule has 0 spiro atoms. The third-order valence-corrected chi connectivity index (χ3v) is 3.83. The van der Waals surface area contributed by atoms with E-state index in [-0.39, 0.29) is 12.2 Å². The van der Waals surface area contributed by atoms with Crippen molar-refractivity contribution in [2.24, 2.45) is 0 Å². The maximum atomic E-state index is 6.07. The molecule has 2 heterocycles. The number of hydrogen-bond acceptors (Lipinski definition) is 3. The zero-order valence-corrected chi connectivity index (χ0v) is 11.0. The quantitative estimate of drug-likeness (QED) is 0.795. The highest BCUT2D eigenvalue weighted by atomic mass is 16.6. The number of benzene rings is 2. The highest BCUT2D eigenvalue weighted by molar-refractivity contribution is 5.41. The van der Waals surface area contributed by atoms with Crippen molar-refractivity contribution in [2.75, 3.05) is 6.61 Å². The molecule has 0 aliphatic carbocycles. The molecule has 0 aromatic heterocycles. The van der Waals surface area contributed by atoms with Crippen LogP contribution < -0.4 is 14.2 Å². The molecule has 101 valence electrons. The second-order valence-electron chi connectivity index (χ2n) is 5.14. The Bertz CT molecular complexity index is 568. The van der Waals surface area contributed by atoms with Crippen LogP contribution in [0.2, 0.25) is 0 Å². The fraction of sp³-hybridized carbons (Fsp3) is 0.294. The van der Waals surface area contributed by atoms with Crippen LogP contribution in [0.1, 0.15) is 12.0 Å². The molecule has 1 radical (unpaired) electrons. The van der Waals surface area contributed by atoms with Gasteiger partial charge in [0.25, 0.3) is 0 Å². The Morgan fingerprint density at radius 3 is 2.85 bits per heavy atom. The first-order valence-electron chi connectivity index (χ1n) is 6.94. The van der Waals surface area contributed by atoms with E-state index in [4.69, 9.17) is 14.2 Å². The van der Waals surface area contributed by atoms with Gasteiger partial charge in [-0.2, -0.15) is 0 Å². The molecule has 20 heavy (non-hydrogen) atoms. The Morgan fingerprint density at radius 1 is 0.950 bits per heavy atom. The van der Waals surface area contributed by atoms with Gasteiger partial charge < -0.3 is 14.2 Å². The van der Waals surface area contributed by atoms with Crippen molar-refractivity contribution >= 4 is 0 Å². The summed E-state index contributed by atoms with van der Waals surface area (Å²) < 4.78 is 17.8. The fourth-order valence-corrected chi connectivity index (χ4v) is 2.77. The van der Waals surface area contributed by atoms with Gasteiger partial charge in [0.05, 0.1) is 0 Å². The monoisotopic (exact) mass is 267 g/mol. The van der Waals surface area contributed by atoms with Crippen molar-refractivity contribution in [1.29, 1.82) is 0 Å². The summed E-state index contributed by atoms with van der Waals surface area (Å²) in [6.45, 7) is 0.525. The zero-order valence-electron chi connectivity index (χ0n) is 11.0. The smallest absolute Gasteiger partial charge is 0.169 e. The summed E-state index contributed by atoms with van der Waals surface area (Å²) in [5.74, 6) is 2.52. The van der Waals surface area contributed by atoms with Crippen molar-refractivity contribution in [2.45, 2.75) is 25.0 Å². The summed E-state index contributed by atoms with van der Waals surface area (Å²) in [6.07, 6.45) is 1.97. The number of rotatable bonds is 1. The summed E-state index contributed by atoms with van der Waals surface area (Å²) >= 11 is 0. The van der Waals surface area contributed by atoms with E-state index in [0.717, 1.165) is 30.1 Å². The summed E-state index contributed by atoms with van der Waals surface area (Å²) in [5.41, 5.74) is 1.27. The lowest BCUT2D eigenvalue weighted by molar-refractivity contribution is -0.00600. The topological polar surface area (TPSA) is 27.7 Å². The van der Waals surface area contributed by atoms with Crippen LogP contribution in [-0.2, 0) is 6.42 Å². The number of hydrogen-bond donors (Lipinski definition) is 0. The molecule has 2 unspecified atom stereocenters. The lowest BCUT2D eigenvalue weighted by atomic mass is 9.99. The number of fused-ring (bicyclic) bond motifs is 2. The van der Waals surface area contributed by atoms with Gasteiger partial charge in [0.1, 0.15) is 18.5 Å². The van der Waals surface area contributed by atoms with Gasteiger partial charge in [-0.3, -0.25) is 0 Å². The number of ether oxygens (including phenoxy) is 3. The van der Waals surface area contributed by atoms with Crippen LogP contribution in [0.3, 0.4) is 0 Å². The summed E-state index contributed by atoms with van der Waals surface area (Å²) in [6, 6.07) is 16.7. The molecule has 0 N–H and O–H groups in total. The Hall–Kier alpha value is -2.16. The Morgan fingerprint density at radius 2 is 1.85 bits per heavy atom. The lowest BCUT2D eigenvalue weighted by Crippen LogP contribution is -2.44. The summed E-state index contributed by atoms with van der Waals surface area (Å²) in [4.78, 5) is 0. The van der Waals surface area contributed by atoms with Crippen molar-refractivity contribution in [3.8, 4) is 17.2 Å². The molecule has 0 saturated heterocycles. The average molecular weight is 267 g/mol. The molecule has 2 aliphatic rings. The second-order valence-corrected chi connectivity index (χ2v) is 5.14. The van der Waals surface area contributed by atoms with Gasteiger partial charge in [-0.25, -0.2) is 0 Å². The van der Waals surface area contributed by atoms with Crippen LogP contribution in [0.5, 0.6) is 17.2 Å². The van der Waals surface area contributed by atoms with E-state index in [2.05, 4.69) is 18.2 Å². The Labute approximate surface area is 118 Å². The van der Waals surface area contributed by atoms with E-state index in [1.807, 2.05) is 30.3 Å². The molecule has 2 aromatic carbocycles. The molecule has 2 aliphatic heterocycles. The van der Waals surface area contributed by atoms with E-state index in [1.54, 1.807) is 0 Å². The van der Waals surface area contributed by atoms with Crippen LogP contribution in [0.25, 0.3) is 0 Å². The van der Waals surface area contributed by atoms with Gasteiger partial charge in [-0.05, 0) is 42.7 Å². The molecule has 3 nitrogen and oxygen atoms in total. The summed E-state index contributed by atoms with van der Waals surface area (Å²) in [7, 11) is 0. The Kier molecular flexibility index (Phi) is 2.76. The molecule has 0 fully saturated rings. The van der Waals surface area contributed by atoms with Gasteiger partial charge in [-0.1, -0.05) is 24.3 Å². The van der Waals surface area contributed by atoms with Crippen molar-refractivity contribution in [1.82, 2.24) is 0 Å². The standard InChI is InChI=1S/C17H15O3/c1-2-6-13-12(5-1)9-10-16(19-13)17-11-18-14-7-3-4-8-15(14)20-17/h1-2,4-8,16-17H,9-11H2. The van der Waals surface area contributed by atoms with Crippen LogP contribution in [0.4, 0.5) is 0 Å². The van der Waals surface area contributed by atoms with E-state index < -0.39 is 0 Å². The molecule has 0 bridgehead atoms. The number of para-hydroxylation sites is 1. The Balaban J connectivity index is 1.53. The van der Waals surface area contributed by atoms with Gasteiger partial charge in [-0.15, -0.1) is 0 Å². The van der Waals surface area contributed by atoms with Gasteiger partial charge >= 0.3 is 0 Å². The predicted molar refractivity (Wildman–Crippen MR) is 74.4 cm³/mol. The van der Waals surface area contributed by atoms with E-state index in [9.17, 15) is 0 Å². The second kappa shape index (κ2) is 4.75. The minimum atomic E-state index is -0.0572. The van der Waals surface area contributed by atoms with Gasteiger partial charge in [0.2, 0.25) is 0 Å². The highest BCUT2D eigenvalue weighted by Gasteiger charge is 2.32. The first kappa shape index (κ1) is 11.6. The average Bonchev–Trinajstić information content (AvgIpc) is 2.54. The first-order valence-corrected chi connectivity index (χ1v) is 6.94. The highest BCUT2D eigenvalue weighted by Crippen LogP contribution is 2.35. The third-order valence-electron chi connectivity index (χ3n) is 3.83. The molecule has 2 atom stereocenters. The summed E-state index contributed by atoms with van der Waals surface area (Å²) in [5, 5.41) is 0. The molecule has 0 saturated carbocycles. The SMILES string of the molecule is [c]1ccc2c(c1)OCC(C1CCc3ccccc3O1)O2. The van der Waals surface area contributed by atoms with Crippen LogP contribution >= 0.6 is 0 Å². The number of aryl methyl sites for hydroxylation is 1. The minimum Gasteiger partial charge on any atom is -0.486 e. The molecular formula is C17H15O3. The molecule has 4 rings (SSSR count). The zero-order chi connectivity index (χ0) is 13.4. The van der Waals surface area contributed by atoms with Crippen molar-refractivity contribution in [3.63, 3.8) is 0 Å². The van der Waals surface area contributed by atoms with Gasteiger partial charge in [0.15, 0.2) is 17.6 Å². The maximum absolute atomic E-state index is 6.07. The van der Waals surface area contributed by atoms with Crippen LogP contribution in [0, 0.1) is 6.07 Å². The van der Waals surface area contributed by atoms with Crippen molar-refractivity contribution in [3.05, 3.63) is 54.1 Å². The van der Waals surface area contributed by atoms with E-state index in [0.29, 0.717) is 6.61 Å². The van der Waals surface area contributed by atoms with Crippen molar-refractivity contribution < 1.29 is 14.2 Å². The fourth-order valence-electron chi connectivity index (χ4n) is 2.77. The van der Waals surface area contributed by atoms with E-state index in [1.165, 1.54) is 5.56 Å². The van der Waals surface area contributed by atoms with E-state index >= 15 is 0 Å².